The molecule has 0 unspecified atom stereocenters. The van der Waals surface area contributed by atoms with Crippen LogP contribution in [0.4, 0.5) is 0 Å². The van der Waals surface area contributed by atoms with E-state index in [2.05, 4.69) is 6.92 Å². The summed E-state index contributed by atoms with van der Waals surface area (Å²) in [6.07, 6.45) is 3.46. The summed E-state index contributed by atoms with van der Waals surface area (Å²) < 4.78 is 0. The SMILES string of the molecule is CCCCc1cccc(=O)cc1. The maximum absolute atomic E-state index is 10.9. The molecule has 1 rings (SSSR count). The van der Waals surface area contributed by atoms with Crippen LogP contribution in [0.3, 0.4) is 0 Å². The van der Waals surface area contributed by atoms with Gasteiger partial charge in [-0.2, -0.15) is 0 Å². The Balaban J connectivity index is 2.76. The molecule has 1 aromatic rings. The highest BCUT2D eigenvalue weighted by atomic mass is 16.1. The molecule has 0 aliphatic heterocycles. The molecule has 0 amide bonds. The molecule has 0 radical (unpaired) electrons. The first kappa shape index (κ1) is 8.98. The average molecular weight is 162 g/mol. The van der Waals surface area contributed by atoms with E-state index in [1.807, 2.05) is 18.2 Å². The minimum absolute atomic E-state index is 0.0812. The van der Waals surface area contributed by atoms with E-state index in [0.717, 1.165) is 6.42 Å². The van der Waals surface area contributed by atoms with E-state index in [9.17, 15) is 4.79 Å². The Hall–Kier alpha value is -1.11. The third-order valence-corrected chi connectivity index (χ3v) is 1.85. The molecule has 0 atom stereocenters. The Morgan fingerprint density at radius 1 is 1.17 bits per heavy atom. The van der Waals surface area contributed by atoms with E-state index in [4.69, 9.17) is 0 Å². The van der Waals surface area contributed by atoms with Crippen LogP contribution in [0.2, 0.25) is 0 Å². The highest BCUT2D eigenvalue weighted by Gasteiger charge is 1.88. The summed E-state index contributed by atoms with van der Waals surface area (Å²) in [7, 11) is 0. The topological polar surface area (TPSA) is 17.1 Å². The van der Waals surface area contributed by atoms with Crippen LogP contribution in [-0.4, -0.2) is 0 Å². The largest absolute Gasteiger partial charge is 0.290 e. The van der Waals surface area contributed by atoms with Gasteiger partial charge in [-0.05, 0) is 30.5 Å². The monoisotopic (exact) mass is 162 g/mol. The van der Waals surface area contributed by atoms with E-state index >= 15 is 0 Å². The van der Waals surface area contributed by atoms with E-state index in [1.54, 1.807) is 12.1 Å². The Labute approximate surface area is 73.1 Å². The number of hydrogen-bond donors (Lipinski definition) is 0. The van der Waals surface area contributed by atoms with E-state index in [1.165, 1.54) is 18.4 Å². The first-order valence-electron chi connectivity index (χ1n) is 4.42. The van der Waals surface area contributed by atoms with Crippen molar-refractivity contribution in [1.82, 2.24) is 0 Å². The molecule has 1 nitrogen and oxygen atoms in total. The second-order valence-electron chi connectivity index (χ2n) is 2.94. The standard InChI is InChI=1S/C11H14O/c1-2-3-5-10-6-4-7-11(12)9-8-10/h4,6-9H,2-3,5H2,1H3. The van der Waals surface area contributed by atoms with Crippen LogP contribution in [0.5, 0.6) is 0 Å². The molecular weight excluding hydrogens is 148 g/mol. The predicted octanol–water partition coefficient (Wildman–Crippen LogP) is 2.39. The summed E-state index contributed by atoms with van der Waals surface area (Å²) >= 11 is 0. The van der Waals surface area contributed by atoms with Gasteiger partial charge in [0.25, 0.3) is 0 Å². The normalized spacial score (nSPS) is 9.75. The van der Waals surface area contributed by atoms with Crippen molar-refractivity contribution < 1.29 is 0 Å². The maximum Gasteiger partial charge on any atom is 0.178 e. The number of rotatable bonds is 3. The van der Waals surface area contributed by atoms with Crippen molar-refractivity contribution in [2.24, 2.45) is 0 Å². The van der Waals surface area contributed by atoms with Gasteiger partial charge in [-0.3, -0.25) is 4.79 Å². The smallest absolute Gasteiger partial charge is 0.178 e. The molecule has 0 saturated heterocycles. The second kappa shape index (κ2) is 4.70. The fourth-order valence-corrected chi connectivity index (χ4v) is 1.11. The molecule has 0 N–H and O–H groups in total. The van der Waals surface area contributed by atoms with E-state index in [0.29, 0.717) is 0 Å². The van der Waals surface area contributed by atoms with Gasteiger partial charge in [-0.25, -0.2) is 0 Å². The second-order valence-corrected chi connectivity index (χ2v) is 2.94. The molecule has 0 bridgehead atoms. The molecule has 0 aliphatic rings. The van der Waals surface area contributed by atoms with Crippen molar-refractivity contribution >= 4 is 0 Å². The lowest BCUT2D eigenvalue weighted by molar-refractivity contribution is 0.796. The number of aryl methyl sites for hydroxylation is 1. The van der Waals surface area contributed by atoms with Gasteiger partial charge in [0.05, 0.1) is 0 Å². The van der Waals surface area contributed by atoms with Crippen LogP contribution < -0.4 is 5.43 Å². The maximum atomic E-state index is 10.9. The zero-order chi connectivity index (χ0) is 8.81. The van der Waals surface area contributed by atoms with Crippen LogP contribution in [0.15, 0.2) is 35.1 Å². The van der Waals surface area contributed by atoms with Gasteiger partial charge >= 0.3 is 0 Å². The fourth-order valence-electron chi connectivity index (χ4n) is 1.11. The van der Waals surface area contributed by atoms with Crippen molar-refractivity contribution in [2.75, 3.05) is 0 Å². The molecule has 0 aromatic heterocycles. The van der Waals surface area contributed by atoms with Gasteiger partial charge in [0, 0.05) is 0 Å². The summed E-state index contributed by atoms with van der Waals surface area (Å²) in [5.74, 6) is 0. The Kier molecular flexibility index (Phi) is 3.52. The summed E-state index contributed by atoms with van der Waals surface area (Å²) in [4.78, 5) is 10.9. The summed E-state index contributed by atoms with van der Waals surface area (Å²) in [5, 5.41) is 0. The highest BCUT2D eigenvalue weighted by Crippen LogP contribution is 2.01. The van der Waals surface area contributed by atoms with Crippen molar-refractivity contribution in [3.63, 3.8) is 0 Å². The van der Waals surface area contributed by atoms with Crippen molar-refractivity contribution in [1.29, 1.82) is 0 Å². The van der Waals surface area contributed by atoms with Crippen LogP contribution in [0.25, 0.3) is 0 Å². The molecule has 0 fully saturated rings. The first-order chi connectivity index (χ1) is 5.83. The van der Waals surface area contributed by atoms with Crippen LogP contribution >= 0.6 is 0 Å². The fraction of sp³-hybridized carbons (Fsp3) is 0.364. The Bertz CT molecular complexity index is 291. The molecule has 1 heteroatoms. The summed E-state index contributed by atoms with van der Waals surface area (Å²) in [6, 6.07) is 8.98. The molecule has 0 heterocycles. The lowest BCUT2D eigenvalue weighted by atomic mass is 10.1. The van der Waals surface area contributed by atoms with E-state index in [-0.39, 0.29) is 5.43 Å². The zero-order valence-corrected chi connectivity index (χ0v) is 7.42. The molecule has 0 saturated carbocycles. The zero-order valence-electron chi connectivity index (χ0n) is 7.42. The van der Waals surface area contributed by atoms with Gasteiger partial charge in [0.1, 0.15) is 0 Å². The molecule has 12 heavy (non-hydrogen) atoms. The van der Waals surface area contributed by atoms with Gasteiger partial charge in [-0.15, -0.1) is 0 Å². The molecule has 1 aromatic carbocycles. The lowest BCUT2D eigenvalue weighted by Gasteiger charge is -1.93. The Morgan fingerprint density at radius 2 is 2.00 bits per heavy atom. The van der Waals surface area contributed by atoms with Gasteiger partial charge in [0.2, 0.25) is 0 Å². The minimum Gasteiger partial charge on any atom is -0.290 e. The molecule has 0 spiro atoms. The number of unbranched alkanes of at least 4 members (excludes halogenated alkanes) is 1. The summed E-state index contributed by atoms with van der Waals surface area (Å²) in [6.45, 7) is 2.17. The third kappa shape index (κ3) is 2.87. The average Bonchev–Trinajstić information content (AvgIpc) is 2.27. The quantitative estimate of drug-likeness (QED) is 0.667. The first-order valence-corrected chi connectivity index (χ1v) is 4.42. The van der Waals surface area contributed by atoms with Gasteiger partial charge < -0.3 is 0 Å². The van der Waals surface area contributed by atoms with Crippen molar-refractivity contribution in [3.05, 3.63) is 46.1 Å². The molecule has 64 valence electrons. The molecule has 0 aliphatic carbocycles. The minimum atomic E-state index is 0.0812. The predicted molar refractivity (Wildman–Crippen MR) is 51.3 cm³/mol. The van der Waals surface area contributed by atoms with Crippen molar-refractivity contribution in [2.45, 2.75) is 26.2 Å². The van der Waals surface area contributed by atoms with E-state index < -0.39 is 0 Å². The highest BCUT2D eigenvalue weighted by molar-refractivity contribution is 5.13. The number of hydrogen-bond acceptors (Lipinski definition) is 1. The summed E-state index contributed by atoms with van der Waals surface area (Å²) in [5.41, 5.74) is 1.33. The molecular formula is C11H14O. The van der Waals surface area contributed by atoms with Crippen LogP contribution in [0, 0.1) is 0 Å². The van der Waals surface area contributed by atoms with Crippen LogP contribution in [-0.2, 0) is 6.42 Å². The Morgan fingerprint density at radius 3 is 2.75 bits per heavy atom. The lowest BCUT2D eigenvalue weighted by Crippen LogP contribution is -1.88. The third-order valence-electron chi connectivity index (χ3n) is 1.85. The van der Waals surface area contributed by atoms with Crippen molar-refractivity contribution in [3.8, 4) is 0 Å². The van der Waals surface area contributed by atoms with Gasteiger partial charge in [-0.1, -0.05) is 31.5 Å². The van der Waals surface area contributed by atoms with Gasteiger partial charge in [0.15, 0.2) is 5.43 Å². The van der Waals surface area contributed by atoms with Crippen LogP contribution in [0.1, 0.15) is 25.3 Å².